The number of rotatable bonds is 7. The lowest BCUT2D eigenvalue weighted by Gasteiger charge is -2.13. The smallest absolute Gasteiger partial charge is 0.262 e. The van der Waals surface area contributed by atoms with Gasteiger partial charge in [0.2, 0.25) is 11.8 Å². The molecule has 0 aliphatic carbocycles. The highest BCUT2D eigenvalue weighted by Gasteiger charge is 2.36. The van der Waals surface area contributed by atoms with Crippen LogP contribution in [-0.2, 0) is 9.59 Å². The number of fused-ring (bicyclic) bond motifs is 1. The first-order valence-electron chi connectivity index (χ1n) is 7.53. The molecule has 7 heteroatoms. The quantitative estimate of drug-likeness (QED) is 0.559. The van der Waals surface area contributed by atoms with E-state index in [4.69, 9.17) is 0 Å². The lowest BCUT2D eigenvalue weighted by molar-refractivity contribution is -0.123. The minimum atomic E-state index is -0.461. The second kappa shape index (κ2) is 7.53. The number of hydrogen-bond donors (Lipinski definition) is 2. The molecule has 1 aromatic rings. The van der Waals surface area contributed by atoms with Gasteiger partial charge in [0.05, 0.1) is 11.1 Å². The summed E-state index contributed by atoms with van der Waals surface area (Å²) in [6, 6.07) is 6.48. The summed E-state index contributed by atoms with van der Waals surface area (Å²) in [7, 11) is 0. The van der Waals surface area contributed by atoms with E-state index in [0.717, 1.165) is 11.3 Å². The molecule has 7 nitrogen and oxygen atoms in total. The first-order chi connectivity index (χ1) is 11.0. The zero-order valence-corrected chi connectivity index (χ0v) is 12.9. The van der Waals surface area contributed by atoms with Gasteiger partial charge in [-0.25, -0.2) is 0 Å². The summed E-state index contributed by atoms with van der Waals surface area (Å²) in [4.78, 5) is 48.2. The van der Waals surface area contributed by atoms with Gasteiger partial charge in [0.1, 0.15) is 6.54 Å². The monoisotopic (exact) mass is 317 g/mol. The van der Waals surface area contributed by atoms with Crippen LogP contribution >= 0.6 is 0 Å². The van der Waals surface area contributed by atoms with Crippen LogP contribution in [0.1, 0.15) is 40.5 Å². The number of carbonyl (C=O) groups is 4. The van der Waals surface area contributed by atoms with E-state index >= 15 is 0 Å². The molecular formula is C16H19N3O4. The van der Waals surface area contributed by atoms with Gasteiger partial charge in [-0.2, -0.15) is 0 Å². The molecule has 2 N–H and O–H groups in total. The predicted octanol–water partition coefficient (Wildman–Crippen LogP) is 0.315. The van der Waals surface area contributed by atoms with Gasteiger partial charge in [0, 0.05) is 19.5 Å². The Bertz CT molecular complexity index is 607. The third-order valence-electron chi connectivity index (χ3n) is 3.43. The predicted molar refractivity (Wildman–Crippen MR) is 82.7 cm³/mol. The molecule has 1 heterocycles. The van der Waals surface area contributed by atoms with E-state index in [1.54, 1.807) is 24.3 Å². The molecule has 122 valence electrons. The number of hydrogen-bond acceptors (Lipinski definition) is 4. The molecule has 0 aromatic heterocycles. The molecule has 0 spiro atoms. The van der Waals surface area contributed by atoms with Gasteiger partial charge in [0.15, 0.2) is 0 Å². The molecule has 0 atom stereocenters. The van der Waals surface area contributed by atoms with Crippen molar-refractivity contribution >= 4 is 23.6 Å². The Balaban J connectivity index is 1.80. The maximum absolute atomic E-state index is 12.1. The number of benzene rings is 1. The van der Waals surface area contributed by atoms with Gasteiger partial charge in [-0.3, -0.25) is 24.1 Å². The summed E-state index contributed by atoms with van der Waals surface area (Å²) >= 11 is 0. The number of imide groups is 1. The van der Waals surface area contributed by atoms with E-state index in [0.29, 0.717) is 24.1 Å². The summed E-state index contributed by atoms with van der Waals surface area (Å²) in [6.07, 6.45) is 1.21. The van der Waals surface area contributed by atoms with E-state index in [1.165, 1.54) is 0 Å². The highest BCUT2D eigenvalue weighted by Crippen LogP contribution is 2.21. The fourth-order valence-electron chi connectivity index (χ4n) is 2.30. The van der Waals surface area contributed by atoms with Crippen molar-refractivity contribution in [3.05, 3.63) is 35.4 Å². The van der Waals surface area contributed by atoms with Crippen molar-refractivity contribution in [3.63, 3.8) is 0 Å². The second-order valence-corrected chi connectivity index (χ2v) is 5.19. The number of nitrogens with one attached hydrogen (secondary N) is 2. The summed E-state index contributed by atoms with van der Waals surface area (Å²) in [5.74, 6) is -1.43. The summed E-state index contributed by atoms with van der Waals surface area (Å²) in [5.41, 5.74) is 0.634. The Morgan fingerprint density at radius 3 is 2.00 bits per heavy atom. The van der Waals surface area contributed by atoms with Gasteiger partial charge < -0.3 is 10.6 Å². The summed E-state index contributed by atoms with van der Waals surface area (Å²) < 4.78 is 0. The molecule has 0 fully saturated rings. The molecule has 0 bridgehead atoms. The second-order valence-electron chi connectivity index (χ2n) is 5.19. The first kappa shape index (κ1) is 16.7. The van der Waals surface area contributed by atoms with Gasteiger partial charge in [0.25, 0.3) is 11.8 Å². The molecule has 2 rings (SSSR count). The van der Waals surface area contributed by atoms with Crippen LogP contribution in [0.2, 0.25) is 0 Å². The average molecular weight is 317 g/mol. The van der Waals surface area contributed by atoms with Crippen molar-refractivity contribution < 1.29 is 19.2 Å². The van der Waals surface area contributed by atoms with Gasteiger partial charge in [-0.1, -0.05) is 19.1 Å². The van der Waals surface area contributed by atoms with Gasteiger partial charge >= 0.3 is 0 Å². The lowest BCUT2D eigenvalue weighted by atomic mass is 10.1. The minimum Gasteiger partial charge on any atom is -0.354 e. The Kier molecular flexibility index (Phi) is 5.46. The molecule has 23 heavy (non-hydrogen) atoms. The Hall–Kier alpha value is -2.70. The fourth-order valence-corrected chi connectivity index (χ4v) is 2.30. The summed E-state index contributed by atoms with van der Waals surface area (Å²) in [5, 5.41) is 5.24. The molecular weight excluding hydrogens is 298 g/mol. The maximum Gasteiger partial charge on any atom is 0.262 e. The Morgan fingerprint density at radius 1 is 0.957 bits per heavy atom. The zero-order valence-electron chi connectivity index (χ0n) is 12.9. The van der Waals surface area contributed by atoms with Crippen molar-refractivity contribution in [1.29, 1.82) is 0 Å². The van der Waals surface area contributed by atoms with Crippen LogP contribution in [0, 0.1) is 0 Å². The van der Waals surface area contributed by atoms with Crippen LogP contribution in [0.15, 0.2) is 24.3 Å². The van der Waals surface area contributed by atoms with Crippen molar-refractivity contribution in [2.75, 3.05) is 19.6 Å². The molecule has 0 saturated heterocycles. The number of carbonyl (C=O) groups excluding carboxylic acids is 4. The van der Waals surface area contributed by atoms with Crippen molar-refractivity contribution in [2.24, 2.45) is 0 Å². The maximum atomic E-state index is 12.1. The molecule has 1 aliphatic heterocycles. The molecule has 1 aromatic carbocycles. The van der Waals surface area contributed by atoms with Crippen LogP contribution in [-0.4, -0.2) is 48.2 Å². The van der Waals surface area contributed by atoms with Crippen LogP contribution in [0.3, 0.4) is 0 Å². The van der Waals surface area contributed by atoms with E-state index in [9.17, 15) is 19.2 Å². The molecule has 0 saturated carbocycles. The van der Waals surface area contributed by atoms with Crippen LogP contribution in [0.25, 0.3) is 0 Å². The third kappa shape index (κ3) is 3.94. The van der Waals surface area contributed by atoms with E-state index in [-0.39, 0.29) is 19.0 Å². The van der Waals surface area contributed by atoms with Gasteiger partial charge in [-0.05, 0) is 18.6 Å². The summed E-state index contributed by atoms with van der Waals surface area (Å²) in [6.45, 7) is 2.14. The minimum absolute atomic E-state index is 0.0675. The third-order valence-corrected chi connectivity index (χ3v) is 3.43. The fraction of sp³-hybridized carbons (Fsp3) is 0.375. The lowest BCUT2D eigenvalue weighted by Crippen LogP contribution is -2.42. The van der Waals surface area contributed by atoms with Crippen LogP contribution in [0.5, 0.6) is 0 Å². The topological polar surface area (TPSA) is 95.6 Å². The largest absolute Gasteiger partial charge is 0.354 e. The number of nitrogens with zero attached hydrogens (tertiary/aromatic N) is 1. The SMILES string of the molecule is CCCC(=O)NCCNC(=O)CN1C(=O)c2ccccc2C1=O. The van der Waals surface area contributed by atoms with Crippen LogP contribution < -0.4 is 10.6 Å². The molecule has 0 unspecified atom stereocenters. The Morgan fingerprint density at radius 2 is 1.48 bits per heavy atom. The normalized spacial score (nSPS) is 13.0. The van der Waals surface area contributed by atoms with E-state index in [2.05, 4.69) is 10.6 Å². The van der Waals surface area contributed by atoms with E-state index in [1.807, 2.05) is 6.92 Å². The van der Waals surface area contributed by atoms with Crippen molar-refractivity contribution in [2.45, 2.75) is 19.8 Å². The van der Waals surface area contributed by atoms with Crippen molar-refractivity contribution in [1.82, 2.24) is 15.5 Å². The first-order valence-corrected chi connectivity index (χ1v) is 7.53. The van der Waals surface area contributed by atoms with Gasteiger partial charge in [-0.15, -0.1) is 0 Å². The molecule has 0 radical (unpaired) electrons. The Labute approximate surface area is 134 Å². The number of amides is 4. The highest BCUT2D eigenvalue weighted by atomic mass is 16.2. The average Bonchev–Trinajstić information content (AvgIpc) is 2.77. The van der Waals surface area contributed by atoms with E-state index < -0.39 is 17.7 Å². The standard InChI is InChI=1S/C16H19N3O4/c1-2-5-13(20)17-8-9-18-14(21)10-19-15(22)11-6-3-4-7-12(11)16(19)23/h3-4,6-7H,2,5,8-10H2,1H3,(H,17,20)(H,18,21). The molecule has 1 aliphatic rings. The zero-order chi connectivity index (χ0) is 16.8. The van der Waals surface area contributed by atoms with Crippen LogP contribution in [0.4, 0.5) is 0 Å². The molecule has 4 amide bonds. The van der Waals surface area contributed by atoms with Crippen molar-refractivity contribution in [3.8, 4) is 0 Å². The highest BCUT2D eigenvalue weighted by molar-refractivity contribution is 6.22.